The van der Waals surface area contributed by atoms with Gasteiger partial charge in [-0.05, 0) is 35.7 Å². The van der Waals surface area contributed by atoms with Gasteiger partial charge in [0.1, 0.15) is 0 Å². The van der Waals surface area contributed by atoms with E-state index in [9.17, 15) is 5.11 Å². The van der Waals surface area contributed by atoms with Crippen molar-refractivity contribution >= 4 is 0 Å². The molecule has 2 heterocycles. The molecule has 1 fully saturated rings. The molecule has 1 N–H and O–H groups in total. The third-order valence-electron chi connectivity index (χ3n) is 5.99. The van der Waals surface area contributed by atoms with Crippen molar-refractivity contribution < 1.29 is 9.84 Å². The molecule has 32 heavy (non-hydrogen) atoms. The van der Waals surface area contributed by atoms with Gasteiger partial charge < -0.3 is 9.84 Å². The average molecular weight is 432 g/mol. The van der Waals surface area contributed by atoms with Crippen molar-refractivity contribution in [1.29, 1.82) is 0 Å². The van der Waals surface area contributed by atoms with Gasteiger partial charge in [0.2, 0.25) is 0 Å². The Hall–Kier alpha value is -2.57. The fourth-order valence-electron chi connectivity index (χ4n) is 4.46. The van der Waals surface area contributed by atoms with Crippen LogP contribution in [0.5, 0.6) is 0 Å². The number of ether oxygens (including phenoxy) is 1. The number of aliphatic hydroxyl groups excluding tert-OH is 1. The third kappa shape index (κ3) is 6.47. The first-order valence-electron chi connectivity index (χ1n) is 11.5. The molecule has 0 amide bonds. The zero-order valence-corrected chi connectivity index (χ0v) is 18.6. The smallest absolute Gasteiger partial charge is 0.0900 e. The second kappa shape index (κ2) is 11.9. The lowest BCUT2D eigenvalue weighted by Gasteiger charge is -2.32. The van der Waals surface area contributed by atoms with Gasteiger partial charge in [-0.2, -0.15) is 0 Å². The Balaban J connectivity index is 1.32. The zero-order valence-electron chi connectivity index (χ0n) is 18.6. The number of β-amino-alcohol motifs (C(OH)–C–C–N with tert-alkyl or cyclic N) is 1. The maximum Gasteiger partial charge on any atom is 0.0900 e. The molecular weight excluding hydrogens is 398 g/mol. The second-order valence-electron chi connectivity index (χ2n) is 8.44. The molecule has 1 aliphatic heterocycles. The molecule has 3 aromatic rings. The number of hydrogen-bond acceptors (Lipinski definition) is 5. The lowest BCUT2D eigenvalue weighted by Crippen LogP contribution is -2.38. The van der Waals surface area contributed by atoms with Crippen LogP contribution < -0.4 is 0 Å². The summed E-state index contributed by atoms with van der Waals surface area (Å²) in [5.74, 6) is 0. The molecule has 5 nitrogen and oxygen atoms in total. The van der Waals surface area contributed by atoms with Crippen LogP contribution >= 0.6 is 0 Å². The minimum absolute atomic E-state index is 0.255. The molecule has 1 aromatic heterocycles. The van der Waals surface area contributed by atoms with E-state index in [1.807, 2.05) is 12.1 Å². The monoisotopic (exact) mass is 431 g/mol. The molecule has 0 bridgehead atoms. The molecule has 1 aliphatic rings. The summed E-state index contributed by atoms with van der Waals surface area (Å²) in [7, 11) is 0. The summed E-state index contributed by atoms with van der Waals surface area (Å²) in [6.45, 7) is 5.40. The van der Waals surface area contributed by atoms with E-state index < -0.39 is 6.10 Å². The second-order valence-corrected chi connectivity index (χ2v) is 8.44. The Morgan fingerprint density at radius 2 is 1.56 bits per heavy atom. The van der Waals surface area contributed by atoms with E-state index in [0.717, 1.165) is 38.2 Å². The number of hydrogen-bond donors (Lipinski definition) is 1. The van der Waals surface area contributed by atoms with E-state index in [0.29, 0.717) is 19.8 Å². The number of rotatable bonds is 9. The van der Waals surface area contributed by atoms with Crippen LogP contribution in [-0.2, 0) is 11.3 Å². The summed E-state index contributed by atoms with van der Waals surface area (Å²) in [6, 6.07) is 25.7. The SMILES string of the molecule is OC(COCc1cccnc1)CN1CCCN(C(c2ccccc2)c2ccccc2)CC1. The predicted molar refractivity (Wildman–Crippen MR) is 127 cm³/mol. The molecule has 0 aliphatic carbocycles. The Kier molecular flexibility index (Phi) is 8.40. The van der Waals surface area contributed by atoms with Crippen molar-refractivity contribution in [2.24, 2.45) is 0 Å². The summed E-state index contributed by atoms with van der Waals surface area (Å²) in [4.78, 5) is 9.04. The Bertz CT molecular complexity index is 868. The average Bonchev–Trinajstić information content (AvgIpc) is 3.07. The number of benzene rings is 2. The van der Waals surface area contributed by atoms with Crippen molar-refractivity contribution in [3.63, 3.8) is 0 Å². The lowest BCUT2D eigenvalue weighted by atomic mass is 9.97. The van der Waals surface area contributed by atoms with Gasteiger partial charge in [-0.1, -0.05) is 66.7 Å². The first kappa shape index (κ1) is 22.6. The van der Waals surface area contributed by atoms with Gasteiger partial charge in [-0.15, -0.1) is 0 Å². The summed E-state index contributed by atoms with van der Waals surface area (Å²) in [5, 5.41) is 10.5. The van der Waals surface area contributed by atoms with Crippen molar-refractivity contribution in [2.75, 3.05) is 39.3 Å². The van der Waals surface area contributed by atoms with Crippen LogP contribution in [0.2, 0.25) is 0 Å². The van der Waals surface area contributed by atoms with E-state index in [1.165, 1.54) is 11.1 Å². The quantitative estimate of drug-likeness (QED) is 0.559. The molecule has 1 saturated heterocycles. The molecule has 0 saturated carbocycles. The minimum atomic E-state index is -0.489. The first-order chi connectivity index (χ1) is 15.8. The summed E-state index contributed by atoms with van der Waals surface area (Å²) < 4.78 is 5.70. The van der Waals surface area contributed by atoms with E-state index in [-0.39, 0.29) is 6.04 Å². The van der Waals surface area contributed by atoms with Gasteiger partial charge in [-0.3, -0.25) is 14.8 Å². The molecule has 2 aromatic carbocycles. The van der Waals surface area contributed by atoms with E-state index in [1.54, 1.807) is 12.4 Å². The highest BCUT2D eigenvalue weighted by atomic mass is 16.5. The number of aromatic nitrogens is 1. The molecular formula is C27H33N3O2. The highest BCUT2D eigenvalue weighted by Crippen LogP contribution is 2.29. The molecule has 1 unspecified atom stereocenters. The first-order valence-corrected chi connectivity index (χ1v) is 11.5. The number of pyridine rings is 1. The maximum atomic E-state index is 10.5. The van der Waals surface area contributed by atoms with Gasteiger partial charge >= 0.3 is 0 Å². The van der Waals surface area contributed by atoms with Crippen LogP contribution in [0.1, 0.15) is 29.2 Å². The van der Waals surface area contributed by atoms with Gasteiger partial charge in [-0.25, -0.2) is 0 Å². The van der Waals surface area contributed by atoms with Crippen LogP contribution in [0.3, 0.4) is 0 Å². The van der Waals surface area contributed by atoms with Crippen LogP contribution in [-0.4, -0.2) is 65.3 Å². The molecule has 5 heteroatoms. The number of nitrogens with zero attached hydrogens (tertiary/aromatic N) is 3. The largest absolute Gasteiger partial charge is 0.389 e. The summed E-state index contributed by atoms with van der Waals surface area (Å²) in [5.41, 5.74) is 3.69. The van der Waals surface area contributed by atoms with Gasteiger partial charge in [0, 0.05) is 38.6 Å². The van der Waals surface area contributed by atoms with Crippen LogP contribution in [0, 0.1) is 0 Å². The van der Waals surface area contributed by atoms with Crippen molar-refractivity contribution in [2.45, 2.75) is 25.2 Å². The Morgan fingerprint density at radius 1 is 0.844 bits per heavy atom. The molecule has 1 atom stereocenters. The van der Waals surface area contributed by atoms with Gasteiger partial charge in [0.05, 0.1) is 25.4 Å². The zero-order chi connectivity index (χ0) is 22.0. The standard InChI is InChI=1S/C27H33N3O2/c31-26(22-32-21-23-9-7-14-28-19-23)20-29-15-8-16-30(18-17-29)27(24-10-3-1-4-11-24)25-12-5-2-6-13-25/h1-7,9-14,19,26-27,31H,8,15-18,20-22H2. The number of aliphatic hydroxyl groups is 1. The normalized spacial score (nSPS) is 16.7. The van der Waals surface area contributed by atoms with Crippen LogP contribution in [0.25, 0.3) is 0 Å². The highest BCUT2D eigenvalue weighted by molar-refractivity contribution is 5.31. The lowest BCUT2D eigenvalue weighted by molar-refractivity contribution is 0.0103. The van der Waals surface area contributed by atoms with Crippen molar-refractivity contribution in [3.05, 3.63) is 102 Å². The molecule has 0 spiro atoms. The minimum Gasteiger partial charge on any atom is -0.389 e. The van der Waals surface area contributed by atoms with E-state index >= 15 is 0 Å². The van der Waals surface area contributed by atoms with Crippen molar-refractivity contribution in [1.82, 2.24) is 14.8 Å². The summed E-state index contributed by atoms with van der Waals surface area (Å²) in [6.07, 6.45) is 4.14. The Morgan fingerprint density at radius 3 is 2.22 bits per heavy atom. The fourth-order valence-corrected chi connectivity index (χ4v) is 4.46. The maximum absolute atomic E-state index is 10.5. The van der Waals surface area contributed by atoms with Crippen LogP contribution in [0.4, 0.5) is 0 Å². The topological polar surface area (TPSA) is 48.8 Å². The molecule has 168 valence electrons. The van der Waals surface area contributed by atoms with E-state index in [4.69, 9.17) is 4.74 Å². The molecule has 0 radical (unpaired) electrons. The third-order valence-corrected chi connectivity index (χ3v) is 5.99. The highest BCUT2D eigenvalue weighted by Gasteiger charge is 2.25. The fraction of sp³-hybridized carbons (Fsp3) is 0.370. The van der Waals surface area contributed by atoms with Gasteiger partial charge in [0.25, 0.3) is 0 Å². The Labute approximate surface area is 191 Å². The predicted octanol–water partition coefficient (Wildman–Crippen LogP) is 3.76. The van der Waals surface area contributed by atoms with Crippen LogP contribution in [0.15, 0.2) is 85.2 Å². The van der Waals surface area contributed by atoms with Crippen molar-refractivity contribution in [3.8, 4) is 0 Å². The van der Waals surface area contributed by atoms with E-state index in [2.05, 4.69) is 75.4 Å². The molecule has 4 rings (SSSR count). The van der Waals surface area contributed by atoms with Gasteiger partial charge in [0.15, 0.2) is 0 Å². The summed E-state index contributed by atoms with van der Waals surface area (Å²) >= 11 is 0.